The molecule has 1 fully saturated rings. The summed E-state index contributed by atoms with van der Waals surface area (Å²) in [7, 11) is 0. The molecule has 1 N–H and O–H groups in total. The molecule has 0 radical (unpaired) electrons. The van der Waals surface area contributed by atoms with Crippen molar-refractivity contribution in [2.24, 2.45) is 5.92 Å². The van der Waals surface area contributed by atoms with Gasteiger partial charge in [0.25, 0.3) is 0 Å². The minimum absolute atomic E-state index is 0. The van der Waals surface area contributed by atoms with Gasteiger partial charge in [-0.2, -0.15) is 5.26 Å². The van der Waals surface area contributed by atoms with Crippen LogP contribution in [0.4, 0.5) is 0 Å². The number of piperidine rings is 1. The zero-order valence-corrected chi connectivity index (χ0v) is 12.4. The lowest BCUT2D eigenvalue weighted by atomic mass is 9.99. The number of hydrogen-bond acceptors (Lipinski definition) is 3. The van der Waals surface area contributed by atoms with Crippen LogP contribution in [0.2, 0.25) is 0 Å². The number of nitrogens with zero attached hydrogens (tertiary/aromatic N) is 1. The van der Waals surface area contributed by atoms with Gasteiger partial charge in [-0.05, 0) is 66.0 Å². The Hall–Kier alpha value is -0.760. The van der Waals surface area contributed by atoms with E-state index >= 15 is 0 Å². The van der Waals surface area contributed by atoms with Crippen LogP contribution < -0.4 is 10.1 Å². The summed E-state index contributed by atoms with van der Waals surface area (Å²) in [6.45, 7) is 2.88. The SMILES string of the molecule is Cl.N#Cc1ccc(Br)c(OCC2CCNCC2)c1. The molecule has 0 bridgehead atoms. The molecule has 0 unspecified atom stereocenters. The summed E-state index contributed by atoms with van der Waals surface area (Å²) in [6, 6.07) is 7.54. The second kappa shape index (κ2) is 7.63. The molecular formula is C13H16BrClN2O. The molecule has 18 heavy (non-hydrogen) atoms. The normalized spacial score (nSPS) is 15.6. The Bertz CT molecular complexity index is 427. The van der Waals surface area contributed by atoms with Gasteiger partial charge >= 0.3 is 0 Å². The van der Waals surface area contributed by atoms with Gasteiger partial charge in [0.05, 0.1) is 22.7 Å². The van der Waals surface area contributed by atoms with Gasteiger partial charge in [-0.25, -0.2) is 0 Å². The molecule has 1 heterocycles. The van der Waals surface area contributed by atoms with Crippen LogP contribution in [0.25, 0.3) is 0 Å². The molecule has 1 aliphatic rings. The Kier molecular flexibility index (Phi) is 6.48. The molecule has 3 nitrogen and oxygen atoms in total. The van der Waals surface area contributed by atoms with E-state index in [1.165, 1.54) is 0 Å². The predicted molar refractivity (Wildman–Crippen MR) is 77.2 cm³/mol. The van der Waals surface area contributed by atoms with Crippen molar-refractivity contribution in [1.82, 2.24) is 5.32 Å². The van der Waals surface area contributed by atoms with Crippen LogP contribution in [0.1, 0.15) is 18.4 Å². The summed E-state index contributed by atoms with van der Waals surface area (Å²) in [4.78, 5) is 0. The highest BCUT2D eigenvalue weighted by molar-refractivity contribution is 9.10. The van der Waals surface area contributed by atoms with Crippen LogP contribution in [0.3, 0.4) is 0 Å². The summed E-state index contributed by atoms with van der Waals surface area (Å²) in [5.74, 6) is 1.39. The van der Waals surface area contributed by atoms with E-state index < -0.39 is 0 Å². The maximum absolute atomic E-state index is 8.84. The van der Waals surface area contributed by atoms with Crippen LogP contribution >= 0.6 is 28.3 Å². The lowest BCUT2D eigenvalue weighted by Gasteiger charge is -2.22. The van der Waals surface area contributed by atoms with Gasteiger partial charge in [0, 0.05) is 0 Å². The van der Waals surface area contributed by atoms with Gasteiger partial charge in [-0.3, -0.25) is 0 Å². The molecule has 0 saturated carbocycles. The Labute approximate surface area is 122 Å². The quantitative estimate of drug-likeness (QED) is 0.925. The fourth-order valence-electron chi connectivity index (χ4n) is 1.94. The second-order valence-corrected chi connectivity index (χ2v) is 5.12. The maximum Gasteiger partial charge on any atom is 0.134 e. The first-order valence-electron chi connectivity index (χ1n) is 5.83. The zero-order chi connectivity index (χ0) is 12.1. The van der Waals surface area contributed by atoms with Gasteiger partial charge in [0.2, 0.25) is 0 Å². The molecule has 0 spiro atoms. The molecule has 5 heteroatoms. The van der Waals surface area contributed by atoms with Gasteiger partial charge in [-0.15, -0.1) is 12.4 Å². The average Bonchev–Trinajstić information content (AvgIpc) is 2.39. The lowest BCUT2D eigenvalue weighted by molar-refractivity contribution is 0.214. The van der Waals surface area contributed by atoms with Crippen molar-refractivity contribution in [3.05, 3.63) is 28.2 Å². The third-order valence-electron chi connectivity index (χ3n) is 2.99. The van der Waals surface area contributed by atoms with Crippen molar-refractivity contribution in [2.75, 3.05) is 19.7 Å². The van der Waals surface area contributed by atoms with Crippen LogP contribution in [-0.2, 0) is 0 Å². The van der Waals surface area contributed by atoms with Crippen molar-refractivity contribution >= 4 is 28.3 Å². The first-order chi connectivity index (χ1) is 8.29. The standard InChI is InChI=1S/C13H15BrN2O.ClH/c14-12-2-1-11(8-15)7-13(12)17-9-10-3-5-16-6-4-10;/h1-2,7,10,16H,3-6,9H2;1H. The Morgan fingerprint density at radius 2 is 2.11 bits per heavy atom. The minimum atomic E-state index is 0. The highest BCUT2D eigenvalue weighted by Crippen LogP contribution is 2.27. The molecule has 1 aromatic rings. The van der Waals surface area contributed by atoms with E-state index in [1.54, 1.807) is 12.1 Å². The number of rotatable bonds is 3. The van der Waals surface area contributed by atoms with Crippen LogP contribution in [0.15, 0.2) is 22.7 Å². The van der Waals surface area contributed by atoms with Crippen molar-refractivity contribution in [1.29, 1.82) is 5.26 Å². The summed E-state index contributed by atoms with van der Waals surface area (Å²) in [5.41, 5.74) is 0.633. The van der Waals surface area contributed by atoms with Crippen molar-refractivity contribution < 1.29 is 4.74 Å². The third kappa shape index (κ3) is 4.16. The van der Waals surface area contributed by atoms with Crippen molar-refractivity contribution in [2.45, 2.75) is 12.8 Å². The molecule has 1 aliphatic heterocycles. The molecule has 0 atom stereocenters. The predicted octanol–water partition coefficient (Wildman–Crippen LogP) is 3.12. The monoisotopic (exact) mass is 330 g/mol. The van der Waals surface area contributed by atoms with Gasteiger partial charge in [-0.1, -0.05) is 0 Å². The number of halogens is 2. The molecule has 0 amide bonds. The average molecular weight is 332 g/mol. The van der Waals surface area contributed by atoms with Crippen LogP contribution in [-0.4, -0.2) is 19.7 Å². The van der Waals surface area contributed by atoms with E-state index in [2.05, 4.69) is 27.3 Å². The van der Waals surface area contributed by atoms with E-state index in [4.69, 9.17) is 10.00 Å². The van der Waals surface area contributed by atoms with E-state index in [-0.39, 0.29) is 12.4 Å². The summed E-state index contributed by atoms with van der Waals surface area (Å²) < 4.78 is 6.70. The number of ether oxygens (including phenoxy) is 1. The Balaban J connectivity index is 0.00000162. The smallest absolute Gasteiger partial charge is 0.134 e. The van der Waals surface area contributed by atoms with Crippen molar-refractivity contribution in [3.63, 3.8) is 0 Å². The lowest BCUT2D eigenvalue weighted by Crippen LogP contribution is -2.30. The largest absolute Gasteiger partial charge is 0.492 e. The van der Waals surface area contributed by atoms with E-state index in [0.29, 0.717) is 11.5 Å². The third-order valence-corrected chi connectivity index (χ3v) is 3.65. The number of benzene rings is 1. The molecule has 2 rings (SSSR count). The van der Waals surface area contributed by atoms with E-state index in [1.807, 2.05) is 6.07 Å². The summed E-state index contributed by atoms with van der Waals surface area (Å²) in [5, 5.41) is 12.2. The second-order valence-electron chi connectivity index (χ2n) is 4.26. The Morgan fingerprint density at radius 3 is 2.78 bits per heavy atom. The number of nitriles is 1. The van der Waals surface area contributed by atoms with E-state index in [0.717, 1.165) is 42.8 Å². The zero-order valence-electron chi connectivity index (χ0n) is 9.99. The van der Waals surface area contributed by atoms with Crippen LogP contribution in [0, 0.1) is 17.2 Å². The van der Waals surface area contributed by atoms with E-state index in [9.17, 15) is 0 Å². The summed E-state index contributed by atoms with van der Waals surface area (Å²) in [6.07, 6.45) is 2.32. The van der Waals surface area contributed by atoms with Gasteiger partial charge in [0.1, 0.15) is 5.75 Å². The highest BCUT2D eigenvalue weighted by Gasteiger charge is 2.14. The number of nitrogens with one attached hydrogen (secondary N) is 1. The van der Waals surface area contributed by atoms with Gasteiger partial charge in [0.15, 0.2) is 0 Å². The van der Waals surface area contributed by atoms with Crippen LogP contribution in [0.5, 0.6) is 5.75 Å². The topological polar surface area (TPSA) is 45.0 Å². The van der Waals surface area contributed by atoms with Gasteiger partial charge < -0.3 is 10.1 Å². The molecule has 1 saturated heterocycles. The summed E-state index contributed by atoms with van der Waals surface area (Å²) >= 11 is 3.44. The first-order valence-corrected chi connectivity index (χ1v) is 6.62. The molecular weight excluding hydrogens is 316 g/mol. The van der Waals surface area contributed by atoms with Crippen molar-refractivity contribution in [3.8, 4) is 11.8 Å². The minimum Gasteiger partial charge on any atom is -0.492 e. The fourth-order valence-corrected chi connectivity index (χ4v) is 2.30. The Morgan fingerprint density at radius 1 is 1.39 bits per heavy atom. The molecule has 98 valence electrons. The molecule has 0 aromatic heterocycles. The highest BCUT2D eigenvalue weighted by atomic mass is 79.9. The maximum atomic E-state index is 8.84. The molecule has 1 aromatic carbocycles. The molecule has 0 aliphatic carbocycles. The fraction of sp³-hybridized carbons (Fsp3) is 0.462. The number of hydrogen-bond donors (Lipinski definition) is 1. The first kappa shape index (κ1) is 15.3.